The molecule has 2 amide bonds. The topological polar surface area (TPSA) is 58.2 Å². The first-order valence-electron chi connectivity index (χ1n) is 12.5. The van der Waals surface area contributed by atoms with Crippen LogP contribution in [0.4, 0.5) is 0 Å². The molecule has 1 heterocycles. The minimum atomic E-state index is -0.375. The van der Waals surface area contributed by atoms with E-state index in [4.69, 9.17) is 0 Å². The number of carbonyl (C=O) groups excluding carboxylic acids is 2. The highest BCUT2D eigenvalue weighted by molar-refractivity contribution is 5.81. The summed E-state index contributed by atoms with van der Waals surface area (Å²) in [5.74, 6) is 2.31. The third-order valence-electron chi connectivity index (χ3n) is 9.86. The predicted octanol–water partition coefficient (Wildman–Crippen LogP) is 5.30. The van der Waals surface area contributed by atoms with Crippen LogP contribution in [0.2, 0.25) is 0 Å². The summed E-state index contributed by atoms with van der Waals surface area (Å²) in [5, 5.41) is 6.59. The second-order valence-electron chi connectivity index (χ2n) is 11.9. The Labute approximate surface area is 192 Å². The van der Waals surface area contributed by atoms with Crippen molar-refractivity contribution in [3.8, 4) is 0 Å². The molecule has 1 aromatic carbocycles. The highest BCUT2D eigenvalue weighted by Gasteiger charge is 2.60. The van der Waals surface area contributed by atoms with E-state index in [0.29, 0.717) is 24.2 Å². The molecule has 5 rings (SSSR count). The fourth-order valence-corrected chi connectivity index (χ4v) is 7.95. The van der Waals surface area contributed by atoms with Gasteiger partial charge >= 0.3 is 0 Å². The van der Waals surface area contributed by atoms with Gasteiger partial charge in [0, 0.05) is 23.5 Å². The van der Waals surface area contributed by atoms with Crippen LogP contribution in [0.1, 0.15) is 78.2 Å². The molecular formula is C28H38N2O2. The number of allylic oxidation sites excluding steroid dienone is 2. The van der Waals surface area contributed by atoms with Crippen molar-refractivity contribution < 1.29 is 9.59 Å². The summed E-state index contributed by atoms with van der Waals surface area (Å²) < 4.78 is 0. The summed E-state index contributed by atoms with van der Waals surface area (Å²) in [6, 6.07) is 10.3. The summed E-state index contributed by atoms with van der Waals surface area (Å²) >= 11 is 0. The van der Waals surface area contributed by atoms with Gasteiger partial charge in [-0.3, -0.25) is 9.59 Å². The lowest BCUT2D eigenvalue weighted by atomic mass is 9.49. The van der Waals surface area contributed by atoms with E-state index >= 15 is 0 Å². The maximum Gasteiger partial charge on any atom is 0.224 e. The zero-order valence-electron chi connectivity index (χ0n) is 20.0. The van der Waals surface area contributed by atoms with Crippen LogP contribution in [0.3, 0.4) is 0 Å². The summed E-state index contributed by atoms with van der Waals surface area (Å²) in [6.07, 6.45) is 9.36. The van der Waals surface area contributed by atoms with Crippen molar-refractivity contribution in [1.29, 1.82) is 0 Å². The third kappa shape index (κ3) is 3.24. The van der Waals surface area contributed by atoms with Crippen molar-refractivity contribution in [2.24, 2.45) is 34.5 Å². The maximum absolute atomic E-state index is 13.6. The Morgan fingerprint density at radius 3 is 2.56 bits per heavy atom. The van der Waals surface area contributed by atoms with E-state index < -0.39 is 0 Å². The SMILES string of the molecule is CC(C)(NC(=O)[C@H]1CC[C@H]2[C@@H]3CC=C4NC(=O)CC[C@]4(C)[C@H]3CC[C@]12C)c1ccccc1. The molecule has 0 radical (unpaired) electrons. The fraction of sp³-hybridized carbons (Fsp3) is 0.643. The van der Waals surface area contributed by atoms with Crippen LogP contribution in [0.5, 0.6) is 0 Å². The van der Waals surface area contributed by atoms with Crippen molar-refractivity contribution in [2.75, 3.05) is 0 Å². The van der Waals surface area contributed by atoms with Crippen molar-refractivity contribution in [2.45, 2.75) is 78.2 Å². The van der Waals surface area contributed by atoms with Crippen LogP contribution in [-0.2, 0) is 15.1 Å². The van der Waals surface area contributed by atoms with Gasteiger partial charge in [-0.2, -0.15) is 0 Å². The molecule has 2 saturated carbocycles. The molecule has 0 spiro atoms. The van der Waals surface area contributed by atoms with E-state index in [2.05, 4.69) is 56.5 Å². The van der Waals surface area contributed by atoms with Gasteiger partial charge in [0.25, 0.3) is 0 Å². The zero-order chi connectivity index (χ0) is 22.7. The van der Waals surface area contributed by atoms with E-state index in [1.807, 2.05) is 18.2 Å². The number of hydrogen-bond acceptors (Lipinski definition) is 2. The Kier molecular flexibility index (Phi) is 5.07. The van der Waals surface area contributed by atoms with Crippen LogP contribution in [-0.4, -0.2) is 11.8 Å². The number of hydrogen-bond donors (Lipinski definition) is 2. The van der Waals surface area contributed by atoms with Gasteiger partial charge in [-0.1, -0.05) is 50.3 Å². The minimum absolute atomic E-state index is 0.0671. The Balaban J connectivity index is 1.36. The monoisotopic (exact) mass is 434 g/mol. The zero-order valence-corrected chi connectivity index (χ0v) is 20.0. The van der Waals surface area contributed by atoms with Gasteiger partial charge in [0.15, 0.2) is 0 Å². The van der Waals surface area contributed by atoms with E-state index in [-0.39, 0.29) is 34.1 Å². The lowest BCUT2D eigenvalue weighted by Crippen LogP contribution is -2.54. The molecule has 4 heteroatoms. The van der Waals surface area contributed by atoms with Crippen molar-refractivity contribution in [3.63, 3.8) is 0 Å². The first-order valence-corrected chi connectivity index (χ1v) is 12.5. The normalized spacial score (nSPS) is 38.6. The first kappa shape index (κ1) is 21.7. The lowest BCUT2D eigenvalue weighted by molar-refractivity contribution is -0.134. The van der Waals surface area contributed by atoms with Crippen LogP contribution < -0.4 is 10.6 Å². The molecule has 6 atom stereocenters. The van der Waals surface area contributed by atoms with Gasteiger partial charge in [0.05, 0.1) is 5.54 Å². The lowest BCUT2D eigenvalue weighted by Gasteiger charge is -2.57. The molecule has 1 aliphatic heterocycles. The first-order chi connectivity index (χ1) is 15.1. The molecule has 0 aromatic heterocycles. The predicted molar refractivity (Wildman–Crippen MR) is 126 cm³/mol. The van der Waals surface area contributed by atoms with Crippen molar-refractivity contribution in [3.05, 3.63) is 47.7 Å². The summed E-state index contributed by atoms with van der Waals surface area (Å²) in [5.41, 5.74) is 2.11. The van der Waals surface area contributed by atoms with Crippen LogP contribution in [0, 0.1) is 34.5 Å². The van der Waals surface area contributed by atoms with Gasteiger partial charge in [0.1, 0.15) is 0 Å². The van der Waals surface area contributed by atoms with Crippen LogP contribution in [0.15, 0.2) is 42.1 Å². The second-order valence-corrected chi connectivity index (χ2v) is 11.9. The number of carbonyl (C=O) groups is 2. The maximum atomic E-state index is 13.6. The highest BCUT2D eigenvalue weighted by atomic mass is 16.2. The molecule has 3 fully saturated rings. The Morgan fingerprint density at radius 2 is 1.81 bits per heavy atom. The molecule has 172 valence electrons. The van der Waals surface area contributed by atoms with Gasteiger partial charge in [0.2, 0.25) is 11.8 Å². The summed E-state index contributed by atoms with van der Waals surface area (Å²) in [7, 11) is 0. The van der Waals surface area contributed by atoms with E-state index in [9.17, 15) is 9.59 Å². The number of fused-ring (bicyclic) bond motifs is 5. The Bertz CT molecular complexity index is 951. The Hall–Kier alpha value is -2.10. The van der Waals surface area contributed by atoms with Gasteiger partial charge in [-0.15, -0.1) is 0 Å². The van der Waals surface area contributed by atoms with Crippen molar-refractivity contribution in [1.82, 2.24) is 10.6 Å². The quantitative estimate of drug-likeness (QED) is 0.678. The molecule has 1 aromatic rings. The van der Waals surface area contributed by atoms with E-state index in [1.165, 1.54) is 5.70 Å². The second kappa shape index (κ2) is 7.46. The minimum Gasteiger partial charge on any atom is -0.347 e. The van der Waals surface area contributed by atoms with Crippen LogP contribution >= 0.6 is 0 Å². The smallest absolute Gasteiger partial charge is 0.224 e. The standard InChI is InChI=1S/C28H38N2O2/c1-26(2,18-8-6-5-7-9-18)30-25(32)22-12-11-20-19-10-13-23-28(4,17-15-24(31)29-23)21(19)14-16-27(20,22)3/h5-9,13,19-22H,10-12,14-17H2,1-4H3,(H,29,31)(H,30,32)/t19-,20-,21-,22+,27-,28+/m0/s1. The third-order valence-corrected chi connectivity index (χ3v) is 9.86. The van der Waals surface area contributed by atoms with E-state index in [0.717, 1.165) is 44.1 Å². The van der Waals surface area contributed by atoms with Gasteiger partial charge in [-0.05, 0) is 81.1 Å². The summed E-state index contributed by atoms with van der Waals surface area (Å²) in [4.78, 5) is 25.6. The molecule has 0 unspecified atom stereocenters. The van der Waals surface area contributed by atoms with Crippen LogP contribution in [0.25, 0.3) is 0 Å². The molecule has 3 aliphatic carbocycles. The average Bonchev–Trinajstić information content (AvgIpc) is 3.12. The number of benzene rings is 1. The molecule has 0 bridgehead atoms. The fourth-order valence-electron chi connectivity index (χ4n) is 7.95. The molecule has 4 nitrogen and oxygen atoms in total. The molecule has 1 saturated heterocycles. The molecule has 4 aliphatic rings. The number of amides is 2. The van der Waals surface area contributed by atoms with Gasteiger partial charge in [-0.25, -0.2) is 0 Å². The average molecular weight is 435 g/mol. The number of nitrogens with one attached hydrogen (secondary N) is 2. The largest absolute Gasteiger partial charge is 0.347 e. The van der Waals surface area contributed by atoms with Gasteiger partial charge < -0.3 is 10.6 Å². The van der Waals surface area contributed by atoms with Crippen molar-refractivity contribution >= 4 is 11.8 Å². The number of rotatable bonds is 3. The van der Waals surface area contributed by atoms with E-state index in [1.54, 1.807) is 0 Å². The summed E-state index contributed by atoms with van der Waals surface area (Å²) in [6.45, 7) is 8.99. The molecule has 32 heavy (non-hydrogen) atoms. The number of piperidine rings is 1. The molecule has 2 N–H and O–H groups in total. The molecular weight excluding hydrogens is 396 g/mol. The Morgan fingerprint density at radius 1 is 1.06 bits per heavy atom. The highest BCUT2D eigenvalue weighted by Crippen LogP contribution is 2.65.